The van der Waals surface area contributed by atoms with Gasteiger partial charge in [-0.25, -0.2) is 4.79 Å². The summed E-state index contributed by atoms with van der Waals surface area (Å²) in [7, 11) is 0. The first-order valence-corrected chi connectivity index (χ1v) is 10.3. The molecular weight excluding hydrogens is 410 g/mol. The zero-order valence-electron chi connectivity index (χ0n) is 17.3. The molecule has 8 heteroatoms. The number of aliphatic carboxylic acids is 1. The largest absolute Gasteiger partial charge is 0.480 e. The predicted octanol–water partition coefficient (Wildman–Crippen LogP) is 3.72. The topological polar surface area (TPSA) is 112 Å². The van der Waals surface area contributed by atoms with Crippen molar-refractivity contribution in [2.45, 2.75) is 32.0 Å². The molecule has 1 unspecified atom stereocenters. The highest BCUT2D eigenvalue weighted by Gasteiger charge is 2.37. The first-order chi connectivity index (χ1) is 15.5. The van der Waals surface area contributed by atoms with Crippen LogP contribution in [0, 0.1) is 0 Å². The van der Waals surface area contributed by atoms with Gasteiger partial charge in [-0.15, -0.1) is 0 Å². The Balaban J connectivity index is 1.43. The number of fused-ring (bicyclic) bond motifs is 1. The van der Waals surface area contributed by atoms with Crippen LogP contribution in [0.2, 0.25) is 0 Å². The first-order valence-electron chi connectivity index (χ1n) is 10.3. The van der Waals surface area contributed by atoms with E-state index in [0.717, 1.165) is 11.3 Å². The highest BCUT2D eigenvalue weighted by Crippen LogP contribution is 2.32. The Labute approximate surface area is 184 Å². The lowest BCUT2D eigenvalue weighted by molar-refractivity contribution is -0.142. The van der Waals surface area contributed by atoms with Gasteiger partial charge in [-0.1, -0.05) is 30.3 Å². The third kappa shape index (κ3) is 4.64. The Morgan fingerprint density at radius 1 is 1.06 bits per heavy atom. The number of carbonyl (C=O) groups excluding carboxylic acids is 2. The van der Waals surface area contributed by atoms with Gasteiger partial charge in [0.15, 0.2) is 0 Å². The molecule has 2 amide bonds. The van der Waals surface area contributed by atoms with Crippen LogP contribution in [0.4, 0.5) is 11.4 Å². The lowest BCUT2D eigenvalue weighted by Gasteiger charge is -2.24. The van der Waals surface area contributed by atoms with Gasteiger partial charge in [0.1, 0.15) is 11.8 Å². The van der Waals surface area contributed by atoms with Crippen LogP contribution in [0.1, 0.15) is 34.5 Å². The molecule has 0 saturated carbocycles. The number of para-hydroxylation sites is 1. The minimum Gasteiger partial charge on any atom is -0.480 e. The molecule has 3 N–H and O–H groups in total. The molecule has 1 aromatic heterocycles. The Hall–Kier alpha value is -4.07. The van der Waals surface area contributed by atoms with Crippen molar-refractivity contribution >= 4 is 29.2 Å². The molecule has 1 atom stereocenters. The lowest BCUT2D eigenvalue weighted by Crippen LogP contribution is -2.42. The van der Waals surface area contributed by atoms with Gasteiger partial charge in [-0.2, -0.15) is 0 Å². The molecular formula is C24H23N3O5. The summed E-state index contributed by atoms with van der Waals surface area (Å²) < 4.78 is 5.32. The molecule has 0 aliphatic carbocycles. The van der Waals surface area contributed by atoms with Crippen molar-refractivity contribution in [3.63, 3.8) is 0 Å². The standard InChI is InChI=1S/C24H23N3O5/c28-21(26-17-7-2-1-3-8-17)12-11-20(24(30)31)27-15-16-6-4-10-19(22(16)23(27)29)25-14-18-9-5-13-32-18/h1-10,13,20,25H,11-12,14-15H2,(H,26,28)(H,30,31). The summed E-state index contributed by atoms with van der Waals surface area (Å²) in [5.41, 5.74) is 2.47. The quantitative estimate of drug-likeness (QED) is 0.474. The van der Waals surface area contributed by atoms with E-state index in [2.05, 4.69) is 10.6 Å². The van der Waals surface area contributed by atoms with Crippen molar-refractivity contribution in [2.24, 2.45) is 0 Å². The number of anilines is 2. The van der Waals surface area contributed by atoms with Crippen molar-refractivity contribution in [3.8, 4) is 0 Å². The number of carboxylic acid groups (broad SMARTS) is 1. The average molecular weight is 433 g/mol. The molecule has 32 heavy (non-hydrogen) atoms. The van der Waals surface area contributed by atoms with Crippen LogP contribution in [0.5, 0.6) is 0 Å². The molecule has 0 spiro atoms. The van der Waals surface area contributed by atoms with Crippen molar-refractivity contribution in [3.05, 3.63) is 83.8 Å². The highest BCUT2D eigenvalue weighted by atomic mass is 16.4. The van der Waals surface area contributed by atoms with Crippen LogP contribution in [-0.2, 0) is 22.7 Å². The fraction of sp³-hybridized carbons (Fsp3) is 0.208. The minimum absolute atomic E-state index is 0.0168. The number of carboxylic acids is 1. The molecule has 0 radical (unpaired) electrons. The van der Waals surface area contributed by atoms with E-state index in [0.29, 0.717) is 23.5 Å². The summed E-state index contributed by atoms with van der Waals surface area (Å²) >= 11 is 0. The van der Waals surface area contributed by atoms with Crippen LogP contribution in [-0.4, -0.2) is 33.8 Å². The molecule has 0 saturated heterocycles. The Kier molecular flexibility index (Phi) is 6.21. The molecule has 0 bridgehead atoms. The maximum atomic E-state index is 13.2. The summed E-state index contributed by atoms with van der Waals surface area (Å²) in [6.45, 7) is 0.584. The second kappa shape index (κ2) is 9.38. The van der Waals surface area contributed by atoms with E-state index in [9.17, 15) is 19.5 Å². The summed E-state index contributed by atoms with van der Waals surface area (Å²) in [4.78, 5) is 38.7. The number of nitrogens with one attached hydrogen (secondary N) is 2. The van der Waals surface area contributed by atoms with Gasteiger partial charge in [0.25, 0.3) is 5.91 Å². The van der Waals surface area contributed by atoms with E-state index < -0.39 is 12.0 Å². The van der Waals surface area contributed by atoms with Crippen LogP contribution in [0.15, 0.2) is 71.3 Å². The average Bonchev–Trinajstić information content (AvgIpc) is 3.41. The zero-order valence-corrected chi connectivity index (χ0v) is 17.3. The number of hydrogen-bond acceptors (Lipinski definition) is 5. The third-order valence-electron chi connectivity index (χ3n) is 5.36. The molecule has 2 heterocycles. The Morgan fingerprint density at radius 2 is 1.88 bits per heavy atom. The molecule has 3 aromatic rings. The van der Waals surface area contributed by atoms with E-state index in [1.54, 1.807) is 42.7 Å². The van der Waals surface area contributed by atoms with E-state index in [1.807, 2.05) is 24.3 Å². The number of carbonyl (C=O) groups is 3. The van der Waals surface area contributed by atoms with E-state index in [-0.39, 0.29) is 31.2 Å². The Morgan fingerprint density at radius 3 is 2.59 bits per heavy atom. The van der Waals surface area contributed by atoms with Gasteiger partial charge in [0.2, 0.25) is 5.91 Å². The molecule has 8 nitrogen and oxygen atoms in total. The molecule has 1 aliphatic rings. The van der Waals surface area contributed by atoms with E-state index in [1.165, 1.54) is 4.90 Å². The maximum Gasteiger partial charge on any atom is 0.326 e. The SMILES string of the molecule is O=C(CCC(C(=O)O)N1Cc2cccc(NCc3ccco3)c2C1=O)Nc1ccccc1. The van der Waals surface area contributed by atoms with Crippen LogP contribution >= 0.6 is 0 Å². The van der Waals surface area contributed by atoms with Crippen LogP contribution in [0.25, 0.3) is 0 Å². The normalized spacial score (nSPS) is 13.5. The van der Waals surface area contributed by atoms with Gasteiger partial charge in [-0.05, 0) is 42.3 Å². The Bertz CT molecular complexity index is 1110. The molecule has 4 rings (SSSR count). The summed E-state index contributed by atoms with van der Waals surface area (Å²) in [5, 5.41) is 15.7. The van der Waals surface area contributed by atoms with Crippen molar-refractivity contribution in [2.75, 3.05) is 10.6 Å². The van der Waals surface area contributed by atoms with E-state index in [4.69, 9.17) is 4.42 Å². The first kappa shape index (κ1) is 21.2. The smallest absolute Gasteiger partial charge is 0.326 e. The van der Waals surface area contributed by atoms with Gasteiger partial charge in [-0.3, -0.25) is 9.59 Å². The predicted molar refractivity (Wildman–Crippen MR) is 118 cm³/mol. The van der Waals surface area contributed by atoms with Gasteiger partial charge in [0, 0.05) is 24.3 Å². The van der Waals surface area contributed by atoms with Gasteiger partial charge < -0.3 is 25.1 Å². The third-order valence-corrected chi connectivity index (χ3v) is 5.36. The highest BCUT2D eigenvalue weighted by molar-refractivity contribution is 6.05. The second-order valence-electron chi connectivity index (χ2n) is 7.51. The molecule has 2 aromatic carbocycles. The monoisotopic (exact) mass is 433 g/mol. The molecule has 164 valence electrons. The van der Waals surface area contributed by atoms with E-state index >= 15 is 0 Å². The van der Waals surface area contributed by atoms with Gasteiger partial charge in [0.05, 0.1) is 18.4 Å². The number of amides is 2. The van der Waals surface area contributed by atoms with Gasteiger partial charge >= 0.3 is 5.97 Å². The lowest BCUT2D eigenvalue weighted by atomic mass is 10.1. The fourth-order valence-corrected chi connectivity index (χ4v) is 3.80. The number of furan rings is 1. The van der Waals surface area contributed by atoms with Crippen LogP contribution < -0.4 is 10.6 Å². The molecule has 1 aliphatic heterocycles. The second-order valence-corrected chi connectivity index (χ2v) is 7.51. The van der Waals surface area contributed by atoms with Crippen molar-refractivity contribution in [1.82, 2.24) is 4.90 Å². The summed E-state index contributed by atoms with van der Waals surface area (Å²) in [6, 6.07) is 16.9. The molecule has 0 fully saturated rings. The number of nitrogens with zero attached hydrogens (tertiary/aromatic N) is 1. The maximum absolute atomic E-state index is 13.2. The number of hydrogen-bond donors (Lipinski definition) is 3. The van der Waals surface area contributed by atoms with Crippen molar-refractivity contribution < 1.29 is 23.9 Å². The summed E-state index contributed by atoms with van der Waals surface area (Å²) in [5.74, 6) is -1.08. The summed E-state index contributed by atoms with van der Waals surface area (Å²) in [6.07, 6.45) is 1.57. The minimum atomic E-state index is -1.14. The van der Waals surface area contributed by atoms with Crippen molar-refractivity contribution in [1.29, 1.82) is 0 Å². The van der Waals surface area contributed by atoms with Crippen LogP contribution in [0.3, 0.4) is 0 Å². The zero-order chi connectivity index (χ0) is 22.5. The fourth-order valence-electron chi connectivity index (χ4n) is 3.80. The number of rotatable bonds is 9. The number of benzene rings is 2.